The maximum Gasteiger partial charge on any atom is 0.250 e. The first-order valence-electron chi connectivity index (χ1n) is 5.82. The number of nitrogens with zero attached hydrogens (tertiary/aromatic N) is 2. The number of carbonyl (C=O) groups is 2. The number of rotatable bonds is 4. The van der Waals surface area contributed by atoms with Crippen LogP contribution in [0.5, 0.6) is 0 Å². The lowest BCUT2D eigenvalue weighted by molar-refractivity contribution is -0.111. The highest BCUT2D eigenvalue weighted by atomic mass is 16.2. The average molecular weight is 271 g/mol. The van der Waals surface area contributed by atoms with Gasteiger partial charge in [0.2, 0.25) is 11.9 Å². The van der Waals surface area contributed by atoms with Gasteiger partial charge in [0.05, 0.1) is 0 Å². The molecule has 0 aliphatic carbocycles. The van der Waals surface area contributed by atoms with Crippen molar-refractivity contribution in [3.05, 3.63) is 47.3 Å². The van der Waals surface area contributed by atoms with Crippen molar-refractivity contribution in [3.63, 3.8) is 0 Å². The first kappa shape index (κ1) is 13.5. The van der Waals surface area contributed by atoms with E-state index in [1.165, 1.54) is 6.08 Å². The number of primary amides is 1. The lowest BCUT2D eigenvalue weighted by atomic mass is 10.1. The lowest BCUT2D eigenvalue weighted by Crippen LogP contribution is -2.10. The fraction of sp³-hybridized carbons (Fsp3) is 0.0769. The highest BCUT2D eigenvalue weighted by Gasteiger charge is 2.02. The Morgan fingerprint density at radius 1 is 1.30 bits per heavy atom. The third-order valence-corrected chi connectivity index (χ3v) is 2.45. The van der Waals surface area contributed by atoms with E-state index in [-0.39, 0.29) is 11.9 Å². The highest BCUT2D eigenvalue weighted by molar-refractivity contribution is 6.01. The Balaban J connectivity index is 1.98. The number of aryl methyl sites for hydroxylation is 1. The molecule has 1 aromatic heterocycles. The molecule has 2 aromatic rings. The van der Waals surface area contributed by atoms with Crippen molar-refractivity contribution in [3.8, 4) is 0 Å². The minimum atomic E-state index is -0.488. The van der Waals surface area contributed by atoms with Gasteiger partial charge < -0.3 is 5.73 Å². The minimum absolute atomic E-state index is 0.223. The van der Waals surface area contributed by atoms with Gasteiger partial charge in [0.15, 0.2) is 0 Å². The van der Waals surface area contributed by atoms with Crippen LogP contribution in [0.1, 0.15) is 21.7 Å². The molecule has 1 heterocycles. The topological polar surface area (TPSA) is 114 Å². The van der Waals surface area contributed by atoms with E-state index < -0.39 is 5.91 Å². The Morgan fingerprint density at radius 3 is 2.55 bits per heavy atom. The number of hydrogen-bond acceptors (Lipinski definition) is 4. The van der Waals surface area contributed by atoms with E-state index in [1.54, 1.807) is 37.3 Å². The standard InChI is InChI=1S/C13H13N5O2/c1-8-15-13(18-17-8)16-11(19)7-4-9-2-5-10(6-3-9)12(14)20/h2-7H,1H3,(H2,14,20)(H2,15,16,17,18,19)/b7-4+. The molecule has 7 nitrogen and oxygen atoms in total. The molecule has 1 aromatic carbocycles. The van der Waals surface area contributed by atoms with Crippen LogP contribution >= 0.6 is 0 Å². The van der Waals surface area contributed by atoms with Gasteiger partial charge in [-0.25, -0.2) is 0 Å². The molecular weight excluding hydrogens is 258 g/mol. The monoisotopic (exact) mass is 271 g/mol. The van der Waals surface area contributed by atoms with E-state index in [1.807, 2.05) is 0 Å². The van der Waals surface area contributed by atoms with E-state index in [0.29, 0.717) is 11.4 Å². The number of aromatic nitrogens is 3. The van der Waals surface area contributed by atoms with Crippen molar-refractivity contribution in [1.82, 2.24) is 15.2 Å². The molecule has 0 spiro atoms. The molecule has 0 bridgehead atoms. The Bertz CT molecular complexity index is 658. The molecule has 4 N–H and O–H groups in total. The summed E-state index contributed by atoms with van der Waals surface area (Å²) in [6, 6.07) is 6.58. The first-order valence-corrected chi connectivity index (χ1v) is 5.82. The summed E-state index contributed by atoms with van der Waals surface area (Å²) in [6.07, 6.45) is 2.96. The predicted octanol–water partition coefficient (Wildman–Crippen LogP) is 0.864. The maximum atomic E-state index is 11.6. The summed E-state index contributed by atoms with van der Waals surface area (Å²) in [5.41, 5.74) is 6.33. The Morgan fingerprint density at radius 2 is 2.00 bits per heavy atom. The molecule has 2 rings (SSSR count). The number of nitrogens with two attached hydrogens (primary N) is 1. The summed E-state index contributed by atoms with van der Waals surface area (Å²) in [5, 5.41) is 8.92. The average Bonchev–Trinajstić information content (AvgIpc) is 2.82. The van der Waals surface area contributed by atoms with Crippen LogP contribution in [0.4, 0.5) is 5.95 Å². The van der Waals surface area contributed by atoms with Crippen LogP contribution in [0.15, 0.2) is 30.3 Å². The molecule has 102 valence electrons. The van der Waals surface area contributed by atoms with Crippen molar-refractivity contribution >= 4 is 23.8 Å². The van der Waals surface area contributed by atoms with Gasteiger partial charge >= 0.3 is 0 Å². The van der Waals surface area contributed by atoms with Crippen LogP contribution in [0.25, 0.3) is 6.08 Å². The van der Waals surface area contributed by atoms with Gasteiger partial charge in [-0.3, -0.25) is 20.0 Å². The number of aromatic amines is 1. The van der Waals surface area contributed by atoms with Gasteiger partial charge in [-0.05, 0) is 30.7 Å². The van der Waals surface area contributed by atoms with Gasteiger partial charge in [-0.1, -0.05) is 12.1 Å². The zero-order valence-corrected chi connectivity index (χ0v) is 10.8. The molecule has 0 radical (unpaired) electrons. The maximum absolute atomic E-state index is 11.6. The zero-order valence-electron chi connectivity index (χ0n) is 10.8. The molecule has 20 heavy (non-hydrogen) atoms. The molecular formula is C13H13N5O2. The van der Waals surface area contributed by atoms with Gasteiger partial charge in [0, 0.05) is 11.6 Å². The van der Waals surface area contributed by atoms with Crippen LogP contribution in [-0.4, -0.2) is 27.0 Å². The van der Waals surface area contributed by atoms with Crippen LogP contribution in [0.2, 0.25) is 0 Å². The third kappa shape index (κ3) is 3.52. The number of hydrogen-bond donors (Lipinski definition) is 3. The largest absolute Gasteiger partial charge is 0.366 e. The molecule has 0 saturated carbocycles. The number of amides is 2. The molecule has 0 aliphatic heterocycles. The second-order valence-corrected chi connectivity index (χ2v) is 4.05. The Hall–Kier alpha value is -2.96. The van der Waals surface area contributed by atoms with Crippen molar-refractivity contribution in [2.75, 3.05) is 5.32 Å². The summed E-state index contributed by atoms with van der Waals surface area (Å²) >= 11 is 0. The normalized spacial score (nSPS) is 10.7. The van der Waals surface area contributed by atoms with Crippen molar-refractivity contribution in [2.24, 2.45) is 5.73 Å². The minimum Gasteiger partial charge on any atom is -0.366 e. The smallest absolute Gasteiger partial charge is 0.250 e. The van der Waals surface area contributed by atoms with E-state index in [2.05, 4.69) is 20.5 Å². The SMILES string of the molecule is Cc1nc(NC(=O)/C=C/c2ccc(C(N)=O)cc2)n[nH]1. The fourth-order valence-corrected chi connectivity index (χ4v) is 1.48. The number of benzene rings is 1. The Kier molecular flexibility index (Phi) is 3.90. The fourth-order valence-electron chi connectivity index (χ4n) is 1.48. The Labute approximate surface area is 114 Å². The van der Waals surface area contributed by atoms with Gasteiger partial charge in [-0.15, -0.1) is 5.10 Å². The zero-order chi connectivity index (χ0) is 14.5. The first-order chi connectivity index (χ1) is 9.54. The second-order valence-electron chi connectivity index (χ2n) is 4.05. The van der Waals surface area contributed by atoms with Crippen molar-refractivity contribution in [1.29, 1.82) is 0 Å². The van der Waals surface area contributed by atoms with Crippen LogP contribution in [-0.2, 0) is 4.79 Å². The molecule has 0 saturated heterocycles. The molecule has 0 unspecified atom stereocenters. The number of anilines is 1. The van der Waals surface area contributed by atoms with Crippen LogP contribution < -0.4 is 11.1 Å². The summed E-state index contributed by atoms with van der Waals surface area (Å²) in [4.78, 5) is 26.5. The van der Waals surface area contributed by atoms with E-state index >= 15 is 0 Å². The lowest BCUT2D eigenvalue weighted by Gasteiger charge is -1.97. The van der Waals surface area contributed by atoms with E-state index in [4.69, 9.17) is 5.73 Å². The van der Waals surface area contributed by atoms with Crippen molar-refractivity contribution < 1.29 is 9.59 Å². The number of carbonyl (C=O) groups excluding carboxylic acids is 2. The van der Waals surface area contributed by atoms with Gasteiger partial charge in [0.1, 0.15) is 5.82 Å². The second kappa shape index (κ2) is 5.79. The third-order valence-electron chi connectivity index (χ3n) is 2.45. The summed E-state index contributed by atoms with van der Waals surface area (Å²) in [5.74, 6) is 0.00812. The highest BCUT2D eigenvalue weighted by Crippen LogP contribution is 2.06. The summed E-state index contributed by atoms with van der Waals surface area (Å²) in [7, 11) is 0. The molecule has 7 heteroatoms. The molecule has 0 atom stereocenters. The van der Waals surface area contributed by atoms with Crippen LogP contribution in [0, 0.1) is 6.92 Å². The number of nitrogens with one attached hydrogen (secondary N) is 2. The van der Waals surface area contributed by atoms with Crippen LogP contribution in [0.3, 0.4) is 0 Å². The van der Waals surface area contributed by atoms with Gasteiger partial charge in [0.25, 0.3) is 5.91 Å². The molecule has 0 fully saturated rings. The predicted molar refractivity (Wildman–Crippen MR) is 73.7 cm³/mol. The molecule has 0 aliphatic rings. The van der Waals surface area contributed by atoms with Crippen molar-refractivity contribution in [2.45, 2.75) is 6.92 Å². The number of H-pyrrole nitrogens is 1. The summed E-state index contributed by atoms with van der Waals surface area (Å²) in [6.45, 7) is 1.73. The molecule has 2 amide bonds. The van der Waals surface area contributed by atoms with E-state index in [9.17, 15) is 9.59 Å². The summed E-state index contributed by atoms with van der Waals surface area (Å²) < 4.78 is 0. The van der Waals surface area contributed by atoms with Gasteiger partial charge in [-0.2, -0.15) is 4.98 Å². The quantitative estimate of drug-likeness (QED) is 0.715. The van der Waals surface area contributed by atoms with E-state index in [0.717, 1.165) is 5.56 Å².